The second-order valence-electron chi connectivity index (χ2n) is 3.96. The van der Waals surface area contributed by atoms with E-state index in [4.69, 9.17) is 0 Å². The number of fused-ring (bicyclic) bond motifs is 1. The number of thioether (sulfide) groups is 1. The smallest absolute Gasteiger partial charge is 0.256 e. The number of hydrogen-bond acceptors (Lipinski definition) is 4. The van der Waals surface area contributed by atoms with Gasteiger partial charge in [0, 0.05) is 27.2 Å². The summed E-state index contributed by atoms with van der Waals surface area (Å²) in [5.41, 5.74) is 2.56. The van der Waals surface area contributed by atoms with E-state index in [-0.39, 0.29) is 5.56 Å². The summed E-state index contributed by atoms with van der Waals surface area (Å²) in [7, 11) is 0. The maximum Gasteiger partial charge on any atom is 0.256 e. The van der Waals surface area contributed by atoms with Crippen LogP contribution < -0.4 is 10.9 Å². The maximum absolute atomic E-state index is 11.8. The van der Waals surface area contributed by atoms with Gasteiger partial charge >= 0.3 is 0 Å². The largest absolute Gasteiger partial charge is 0.326 e. The van der Waals surface area contributed by atoms with Gasteiger partial charge in [-0.05, 0) is 24.3 Å². The molecule has 0 fully saturated rings. The fourth-order valence-electron chi connectivity index (χ4n) is 1.79. The van der Waals surface area contributed by atoms with E-state index >= 15 is 0 Å². The number of nitrogens with zero attached hydrogens (tertiary/aromatic N) is 1. The van der Waals surface area contributed by atoms with Crippen molar-refractivity contribution >= 4 is 39.3 Å². The molecule has 92 valence electrons. The summed E-state index contributed by atoms with van der Waals surface area (Å²) in [6.07, 6.45) is 0. The molecule has 18 heavy (non-hydrogen) atoms. The topological polar surface area (TPSA) is 57.8 Å². The second-order valence-corrected chi connectivity index (χ2v) is 5.87. The third-order valence-corrected chi connectivity index (χ3v) is 4.19. The molecule has 0 saturated heterocycles. The zero-order valence-electron chi connectivity index (χ0n) is 9.37. The van der Waals surface area contributed by atoms with E-state index in [9.17, 15) is 4.79 Å². The van der Waals surface area contributed by atoms with Crippen LogP contribution in [0.1, 0.15) is 11.3 Å². The monoisotopic (exact) mass is 323 g/mol. The normalized spacial score (nSPS) is 13.4. The first-order chi connectivity index (χ1) is 8.72. The summed E-state index contributed by atoms with van der Waals surface area (Å²) in [5, 5.41) is 3.10. The van der Waals surface area contributed by atoms with Crippen molar-refractivity contribution in [2.75, 3.05) is 5.32 Å². The van der Waals surface area contributed by atoms with E-state index in [1.165, 1.54) is 0 Å². The van der Waals surface area contributed by atoms with Gasteiger partial charge in [0.15, 0.2) is 0 Å². The van der Waals surface area contributed by atoms with Gasteiger partial charge in [0.25, 0.3) is 5.56 Å². The SMILES string of the molecule is O=c1[nH]c(Nc2ccc(Br)cc2)nc2c1CSC2. The molecule has 0 radical (unpaired) electrons. The van der Waals surface area contributed by atoms with Crippen molar-refractivity contribution in [2.24, 2.45) is 0 Å². The molecule has 2 N–H and O–H groups in total. The Bertz CT molecular complexity index is 639. The summed E-state index contributed by atoms with van der Waals surface area (Å²) >= 11 is 5.10. The van der Waals surface area contributed by atoms with Gasteiger partial charge in [-0.15, -0.1) is 0 Å². The van der Waals surface area contributed by atoms with Crippen molar-refractivity contribution in [3.8, 4) is 0 Å². The minimum Gasteiger partial charge on any atom is -0.326 e. The molecule has 1 aromatic heterocycles. The fourth-order valence-corrected chi connectivity index (χ4v) is 3.09. The first-order valence-corrected chi connectivity index (χ1v) is 7.39. The number of halogens is 1. The molecule has 6 heteroatoms. The van der Waals surface area contributed by atoms with Gasteiger partial charge in [-0.2, -0.15) is 11.8 Å². The number of hydrogen-bond donors (Lipinski definition) is 2. The van der Waals surface area contributed by atoms with E-state index in [1.807, 2.05) is 24.3 Å². The molecular formula is C12H10BrN3OS. The minimum atomic E-state index is -0.0374. The van der Waals surface area contributed by atoms with Crippen molar-refractivity contribution in [1.82, 2.24) is 9.97 Å². The van der Waals surface area contributed by atoms with E-state index < -0.39 is 0 Å². The van der Waals surface area contributed by atoms with Crippen molar-refractivity contribution in [3.05, 3.63) is 50.3 Å². The lowest BCUT2D eigenvalue weighted by molar-refractivity contribution is 1.03. The van der Waals surface area contributed by atoms with Crippen LogP contribution in [-0.4, -0.2) is 9.97 Å². The van der Waals surface area contributed by atoms with E-state index in [2.05, 4.69) is 31.2 Å². The zero-order chi connectivity index (χ0) is 12.5. The summed E-state index contributed by atoms with van der Waals surface area (Å²) in [5.74, 6) is 2.08. The third kappa shape index (κ3) is 2.30. The molecule has 0 amide bonds. The number of nitrogens with one attached hydrogen (secondary N) is 2. The molecule has 4 nitrogen and oxygen atoms in total. The number of benzene rings is 1. The van der Waals surface area contributed by atoms with Gasteiger partial charge in [-0.3, -0.25) is 9.78 Å². The Morgan fingerprint density at radius 1 is 1.28 bits per heavy atom. The molecule has 0 spiro atoms. The Morgan fingerprint density at radius 2 is 2.06 bits per heavy atom. The van der Waals surface area contributed by atoms with E-state index in [0.29, 0.717) is 5.95 Å². The van der Waals surface area contributed by atoms with Crippen LogP contribution in [0.3, 0.4) is 0 Å². The standard InChI is InChI=1S/C12H10BrN3OS/c13-7-1-3-8(4-2-7)14-12-15-10-6-18-5-9(10)11(17)16-12/h1-4H,5-6H2,(H2,14,15,16,17). The Hall–Kier alpha value is -1.27. The van der Waals surface area contributed by atoms with Gasteiger partial charge in [0.1, 0.15) is 0 Å². The molecule has 0 aliphatic carbocycles. The first-order valence-electron chi connectivity index (χ1n) is 5.45. The molecular weight excluding hydrogens is 314 g/mol. The minimum absolute atomic E-state index is 0.0374. The summed E-state index contributed by atoms with van der Waals surface area (Å²) in [6.45, 7) is 0. The Balaban J connectivity index is 1.92. The van der Waals surface area contributed by atoms with Crippen molar-refractivity contribution in [1.29, 1.82) is 0 Å². The lowest BCUT2D eigenvalue weighted by Crippen LogP contribution is -2.16. The van der Waals surface area contributed by atoms with Crippen LogP contribution in [0, 0.1) is 0 Å². The number of H-pyrrole nitrogens is 1. The molecule has 2 heterocycles. The molecule has 3 rings (SSSR count). The van der Waals surface area contributed by atoms with Gasteiger partial charge in [0.2, 0.25) is 5.95 Å². The molecule has 0 bridgehead atoms. The molecule has 0 saturated carbocycles. The zero-order valence-corrected chi connectivity index (χ0v) is 11.8. The van der Waals surface area contributed by atoms with Crippen molar-refractivity contribution < 1.29 is 0 Å². The third-order valence-electron chi connectivity index (χ3n) is 2.69. The van der Waals surface area contributed by atoms with Crippen molar-refractivity contribution in [3.63, 3.8) is 0 Å². The molecule has 0 atom stereocenters. The van der Waals surface area contributed by atoms with Gasteiger partial charge in [-0.25, -0.2) is 4.98 Å². The molecule has 1 aliphatic rings. The van der Waals surface area contributed by atoms with Crippen LogP contribution >= 0.6 is 27.7 Å². The number of aromatic nitrogens is 2. The molecule has 1 aromatic carbocycles. The number of anilines is 2. The average Bonchev–Trinajstić information content (AvgIpc) is 2.81. The first kappa shape index (κ1) is 11.8. The molecule has 0 unspecified atom stereocenters. The maximum atomic E-state index is 11.8. The number of rotatable bonds is 2. The Labute approximate surface area is 116 Å². The molecule has 1 aliphatic heterocycles. The van der Waals surface area contributed by atoms with E-state index in [1.54, 1.807) is 11.8 Å². The van der Waals surface area contributed by atoms with Gasteiger partial charge in [-0.1, -0.05) is 15.9 Å². The lowest BCUT2D eigenvalue weighted by Gasteiger charge is -2.06. The van der Waals surface area contributed by atoms with Gasteiger partial charge < -0.3 is 5.32 Å². The van der Waals surface area contributed by atoms with Crippen molar-refractivity contribution in [2.45, 2.75) is 11.5 Å². The van der Waals surface area contributed by atoms with Crippen LogP contribution in [0.4, 0.5) is 11.6 Å². The van der Waals surface area contributed by atoms with Crippen LogP contribution in [0.15, 0.2) is 33.5 Å². The highest BCUT2D eigenvalue weighted by Crippen LogP contribution is 2.26. The Kier molecular flexibility index (Phi) is 3.13. The average molecular weight is 324 g/mol. The predicted molar refractivity (Wildman–Crippen MR) is 77.3 cm³/mol. The quantitative estimate of drug-likeness (QED) is 0.891. The highest BCUT2D eigenvalue weighted by Gasteiger charge is 2.17. The van der Waals surface area contributed by atoms with Crippen LogP contribution in [0.5, 0.6) is 0 Å². The predicted octanol–water partition coefficient (Wildman–Crippen LogP) is 3.02. The van der Waals surface area contributed by atoms with E-state index in [0.717, 1.165) is 32.9 Å². The van der Waals surface area contributed by atoms with Crippen LogP contribution in [0.2, 0.25) is 0 Å². The Morgan fingerprint density at radius 3 is 2.83 bits per heavy atom. The summed E-state index contributed by atoms with van der Waals surface area (Å²) < 4.78 is 1.01. The summed E-state index contributed by atoms with van der Waals surface area (Å²) in [6, 6.07) is 7.71. The highest BCUT2D eigenvalue weighted by molar-refractivity contribution is 9.10. The highest BCUT2D eigenvalue weighted by atomic mass is 79.9. The molecule has 2 aromatic rings. The van der Waals surface area contributed by atoms with Gasteiger partial charge in [0.05, 0.1) is 5.69 Å². The fraction of sp³-hybridized carbons (Fsp3) is 0.167. The van der Waals surface area contributed by atoms with Crippen LogP contribution in [0.25, 0.3) is 0 Å². The second kappa shape index (κ2) is 4.78. The lowest BCUT2D eigenvalue weighted by atomic mass is 10.3. The van der Waals surface area contributed by atoms with Crippen LogP contribution in [-0.2, 0) is 11.5 Å². The summed E-state index contributed by atoms with van der Waals surface area (Å²) in [4.78, 5) is 19.0. The number of aromatic amines is 1.